The molecule has 0 atom stereocenters. The van der Waals surface area contributed by atoms with Crippen LogP contribution >= 0.6 is 7.92 Å². The zero-order chi connectivity index (χ0) is 26.9. The van der Waals surface area contributed by atoms with Gasteiger partial charge in [0.15, 0.2) is 0 Å². The quantitative estimate of drug-likeness (QED) is 0.322. The van der Waals surface area contributed by atoms with Crippen LogP contribution in [0.1, 0.15) is 61.0 Å². The van der Waals surface area contributed by atoms with Crippen molar-refractivity contribution in [1.29, 1.82) is 0 Å². The van der Waals surface area contributed by atoms with E-state index in [1.165, 1.54) is 10.6 Å². The predicted octanol–water partition coefficient (Wildman–Crippen LogP) is 5.51. The molecule has 2 amide bonds. The molecule has 0 heterocycles. The molecule has 4 aromatic carbocycles. The zero-order valence-electron chi connectivity index (χ0n) is 22.0. The molecule has 0 saturated carbocycles. The normalized spacial score (nSPS) is 11.5. The number of amides is 2. The van der Waals surface area contributed by atoms with Crippen molar-refractivity contribution >= 4 is 30.3 Å². The molecule has 0 aliphatic carbocycles. The van der Waals surface area contributed by atoms with Crippen molar-refractivity contribution in [1.82, 2.24) is 0 Å². The minimum Gasteiger partial charge on any atom is -0.366 e. The summed E-state index contributed by atoms with van der Waals surface area (Å²) in [5.74, 6) is -0.861. The van der Waals surface area contributed by atoms with Crippen LogP contribution in [0.25, 0.3) is 0 Å². The molecule has 188 valence electrons. The molecular formula is C32H33N2O2P. The van der Waals surface area contributed by atoms with Gasteiger partial charge in [-0.25, -0.2) is 0 Å². The third-order valence-electron chi connectivity index (χ3n) is 7.63. The van der Waals surface area contributed by atoms with Gasteiger partial charge >= 0.3 is 0 Å². The van der Waals surface area contributed by atoms with Gasteiger partial charge in [0.05, 0.1) is 0 Å². The van der Waals surface area contributed by atoms with E-state index < -0.39 is 24.9 Å². The molecule has 0 fully saturated rings. The number of rotatable bonds is 7. The monoisotopic (exact) mass is 508 g/mol. The molecule has 0 aliphatic rings. The van der Waals surface area contributed by atoms with Crippen LogP contribution in [0.15, 0.2) is 84.9 Å². The molecule has 0 bridgehead atoms. The van der Waals surface area contributed by atoms with Crippen molar-refractivity contribution < 1.29 is 9.59 Å². The molecule has 0 unspecified atom stereocenters. The Bertz CT molecular complexity index is 1370. The highest BCUT2D eigenvalue weighted by Crippen LogP contribution is 2.60. The summed E-state index contributed by atoms with van der Waals surface area (Å²) in [5.41, 5.74) is 18.6. The lowest BCUT2D eigenvalue weighted by molar-refractivity contribution is 0.0991. The van der Waals surface area contributed by atoms with E-state index >= 15 is 0 Å². The number of hydrogen-bond acceptors (Lipinski definition) is 2. The summed E-state index contributed by atoms with van der Waals surface area (Å²) >= 11 is 0. The second kappa shape index (κ2) is 10.3. The minimum atomic E-state index is -0.988. The topological polar surface area (TPSA) is 86.2 Å². The molecular weight excluding hydrogens is 475 g/mol. The van der Waals surface area contributed by atoms with Crippen LogP contribution in [0.3, 0.4) is 0 Å². The molecule has 0 aromatic heterocycles. The van der Waals surface area contributed by atoms with E-state index in [9.17, 15) is 9.59 Å². The van der Waals surface area contributed by atoms with Crippen LogP contribution < -0.4 is 22.1 Å². The lowest BCUT2D eigenvalue weighted by Crippen LogP contribution is -2.33. The number of nitrogens with two attached hydrogens (primary N) is 2. The maximum absolute atomic E-state index is 12.2. The Hall–Kier alpha value is -3.75. The van der Waals surface area contributed by atoms with Crippen LogP contribution in [0, 0.1) is 27.7 Å². The fraction of sp³-hybridized carbons (Fsp3) is 0.188. The summed E-state index contributed by atoms with van der Waals surface area (Å²) in [4.78, 5) is 24.3. The van der Waals surface area contributed by atoms with Gasteiger partial charge < -0.3 is 11.5 Å². The van der Waals surface area contributed by atoms with Gasteiger partial charge in [-0.05, 0) is 98.7 Å². The summed E-state index contributed by atoms with van der Waals surface area (Å²) in [7, 11) is -0.988. The zero-order valence-corrected chi connectivity index (χ0v) is 22.9. The fourth-order valence-electron chi connectivity index (χ4n) is 5.44. The van der Waals surface area contributed by atoms with Gasteiger partial charge in [0.25, 0.3) is 0 Å². The van der Waals surface area contributed by atoms with E-state index in [1.807, 2.05) is 38.1 Å². The van der Waals surface area contributed by atoms with E-state index in [0.29, 0.717) is 11.1 Å². The number of carbonyl (C=O) groups excluding carboxylic acids is 2. The van der Waals surface area contributed by atoms with E-state index in [2.05, 4.69) is 81.4 Å². The molecule has 37 heavy (non-hydrogen) atoms. The maximum Gasteiger partial charge on any atom is 0.248 e. The van der Waals surface area contributed by atoms with E-state index in [4.69, 9.17) is 11.5 Å². The van der Waals surface area contributed by atoms with Crippen LogP contribution in [0.2, 0.25) is 0 Å². The first kappa shape index (κ1) is 26.3. The van der Waals surface area contributed by atoms with Crippen molar-refractivity contribution in [2.24, 2.45) is 11.5 Å². The minimum absolute atomic E-state index is 0.430. The highest BCUT2D eigenvalue weighted by atomic mass is 31.1. The van der Waals surface area contributed by atoms with Crippen molar-refractivity contribution in [3.63, 3.8) is 0 Å². The summed E-state index contributed by atoms with van der Waals surface area (Å²) in [6.45, 7) is 10.3. The molecule has 4 N–H and O–H groups in total. The highest BCUT2D eigenvalue weighted by Gasteiger charge is 2.42. The summed E-state index contributed by atoms with van der Waals surface area (Å²) < 4.78 is 0. The Morgan fingerprint density at radius 3 is 1.24 bits per heavy atom. The van der Waals surface area contributed by atoms with Crippen molar-refractivity contribution in [3.8, 4) is 0 Å². The van der Waals surface area contributed by atoms with E-state index in [-0.39, 0.29) is 0 Å². The molecule has 0 aliphatic heterocycles. The molecule has 4 nitrogen and oxygen atoms in total. The number of benzene rings is 4. The van der Waals surface area contributed by atoms with Gasteiger partial charge in [-0.3, -0.25) is 9.59 Å². The Kier molecular flexibility index (Phi) is 7.34. The van der Waals surface area contributed by atoms with Crippen molar-refractivity contribution in [3.05, 3.63) is 129 Å². The molecule has 0 spiro atoms. The molecule has 0 saturated heterocycles. The first-order chi connectivity index (χ1) is 17.6. The van der Waals surface area contributed by atoms with Gasteiger partial charge in [0, 0.05) is 16.3 Å². The van der Waals surface area contributed by atoms with Crippen LogP contribution in [-0.4, -0.2) is 11.8 Å². The number of primary amides is 2. The summed E-state index contributed by atoms with van der Waals surface area (Å²) in [6.07, 6.45) is 0. The van der Waals surface area contributed by atoms with Gasteiger partial charge in [0.1, 0.15) is 0 Å². The van der Waals surface area contributed by atoms with Crippen LogP contribution in [0.4, 0.5) is 0 Å². The standard InChI is InChI=1S/C32H33N2O2P/c1-20-22(3)28(18-16-26(20)30(33)35)32(5,29-19-17-27(31(34)36)21(2)23(29)4)37(24-12-8-6-9-13-24)25-14-10-7-11-15-25/h6-19H,1-5H3,(H2,33,35)(H2,34,36). The molecule has 4 rings (SSSR count). The van der Waals surface area contributed by atoms with Gasteiger partial charge in [-0.2, -0.15) is 0 Å². The van der Waals surface area contributed by atoms with E-state index in [1.54, 1.807) is 0 Å². The fourth-order valence-corrected chi connectivity index (χ4v) is 8.67. The van der Waals surface area contributed by atoms with Crippen LogP contribution in [-0.2, 0) is 5.16 Å². The van der Waals surface area contributed by atoms with Crippen molar-refractivity contribution in [2.45, 2.75) is 39.8 Å². The van der Waals surface area contributed by atoms with Gasteiger partial charge in [-0.1, -0.05) is 72.8 Å². The maximum atomic E-state index is 12.2. The molecule has 4 aromatic rings. The smallest absolute Gasteiger partial charge is 0.248 e. The second-order valence-electron chi connectivity index (χ2n) is 9.63. The van der Waals surface area contributed by atoms with Gasteiger partial charge in [0.2, 0.25) is 11.8 Å². The second-order valence-corrected chi connectivity index (χ2v) is 12.2. The average molecular weight is 509 g/mol. The summed E-state index contributed by atoms with van der Waals surface area (Å²) in [6, 6.07) is 29.0. The largest absolute Gasteiger partial charge is 0.366 e. The Morgan fingerprint density at radius 1 is 0.568 bits per heavy atom. The van der Waals surface area contributed by atoms with E-state index in [0.717, 1.165) is 33.4 Å². The Morgan fingerprint density at radius 2 is 0.919 bits per heavy atom. The Labute approximate surface area is 220 Å². The lowest BCUT2D eigenvalue weighted by Gasteiger charge is -2.42. The lowest BCUT2D eigenvalue weighted by atomic mass is 9.82. The van der Waals surface area contributed by atoms with Gasteiger partial charge in [-0.15, -0.1) is 0 Å². The SMILES string of the molecule is Cc1c(C(N)=O)ccc(C(C)(c2ccc(C(N)=O)c(C)c2C)P(c2ccccc2)c2ccccc2)c1C. The third kappa shape index (κ3) is 4.58. The van der Waals surface area contributed by atoms with Crippen LogP contribution in [0.5, 0.6) is 0 Å². The third-order valence-corrected chi connectivity index (χ3v) is 10.6. The number of hydrogen-bond donors (Lipinski definition) is 2. The molecule has 5 heteroatoms. The predicted molar refractivity (Wildman–Crippen MR) is 154 cm³/mol. The first-order valence-electron chi connectivity index (χ1n) is 12.3. The molecule has 0 radical (unpaired) electrons. The van der Waals surface area contributed by atoms with Crippen molar-refractivity contribution in [2.75, 3.05) is 0 Å². The first-order valence-corrected chi connectivity index (χ1v) is 13.6. The highest BCUT2D eigenvalue weighted by molar-refractivity contribution is 7.74. The summed E-state index contributed by atoms with van der Waals surface area (Å²) in [5, 5.41) is 1.96. The Balaban J connectivity index is 2.15. The average Bonchev–Trinajstić information content (AvgIpc) is 2.88. The number of carbonyl (C=O) groups is 2.